The van der Waals surface area contributed by atoms with E-state index in [9.17, 15) is 0 Å². The highest BCUT2D eigenvalue weighted by molar-refractivity contribution is 5.75. The van der Waals surface area contributed by atoms with Gasteiger partial charge in [-0.2, -0.15) is 4.57 Å². The molecular formula is C14H15N2+. The summed E-state index contributed by atoms with van der Waals surface area (Å²) in [6, 6.07) is 15.1. The van der Waals surface area contributed by atoms with E-state index in [2.05, 4.69) is 65.9 Å². The van der Waals surface area contributed by atoms with Crippen LogP contribution >= 0.6 is 0 Å². The summed E-state index contributed by atoms with van der Waals surface area (Å²) < 4.78 is 2.35. The molecule has 16 heavy (non-hydrogen) atoms. The van der Waals surface area contributed by atoms with Crippen molar-refractivity contribution in [2.24, 2.45) is 0 Å². The zero-order chi connectivity index (χ0) is 11.1. The van der Waals surface area contributed by atoms with Crippen molar-refractivity contribution in [1.82, 2.24) is 0 Å². The largest absolute Gasteiger partial charge is 0.319 e. The summed E-state index contributed by atoms with van der Waals surface area (Å²) in [6.07, 6.45) is 0. The minimum atomic E-state index is 0.930. The molecule has 2 heteroatoms. The molecule has 80 valence electrons. The zero-order valence-corrected chi connectivity index (χ0v) is 9.64. The number of nitrogens with zero attached hydrogens (tertiary/aromatic N) is 2. The van der Waals surface area contributed by atoms with Crippen molar-refractivity contribution < 1.29 is 4.57 Å². The number of aryl methyl sites for hydroxylation is 1. The summed E-state index contributed by atoms with van der Waals surface area (Å²) in [6.45, 7) is 3.09. The first kappa shape index (κ1) is 9.40. The molecule has 0 spiro atoms. The number of rotatable bonds is 0. The topological polar surface area (TPSA) is 7.12 Å². The van der Waals surface area contributed by atoms with Gasteiger partial charge in [0.2, 0.25) is 12.4 Å². The Bertz CT molecular complexity index is 546. The molecule has 0 aliphatic carbocycles. The van der Waals surface area contributed by atoms with E-state index in [-0.39, 0.29) is 0 Å². The summed E-state index contributed by atoms with van der Waals surface area (Å²) in [5.41, 5.74) is 5.25. The highest BCUT2D eigenvalue weighted by Gasteiger charge is 2.26. The average molecular weight is 211 g/mol. The molecule has 2 nitrogen and oxygen atoms in total. The Kier molecular flexibility index (Phi) is 1.96. The van der Waals surface area contributed by atoms with Gasteiger partial charge in [-0.25, -0.2) is 0 Å². The van der Waals surface area contributed by atoms with Gasteiger partial charge in [-0.1, -0.05) is 12.1 Å². The number of benzene rings is 1. The Morgan fingerprint density at radius 1 is 1.06 bits per heavy atom. The lowest BCUT2D eigenvalue weighted by molar-refractivity contribution is -0.692. The molecule has 1 aliphatic rings. The fourth-order valence-electron chi connectivity index (χ4n) is 2.38. The smallest absolute Gasteiger partial charge is 0.224 e. The third-order valence-electron chi connectivity index (χ3n) is 3.25. The van der Waals surface area contributed by atoms with Crippen molar-refractivity contribution >= 4 is 5.69 Å². The van der Waals surface area contributed by atoms with Gasteiger partial charge < -0.3 is 4.90 Å². The van der Waals surface area contributed by atoms with E-state index in [1.165, 1.54) is 22.6 Å². The predicted molar refractivity (Wildman–Crippen MR) is 65.2 cm³/mol. The van der Waals surface area contributed by atoms with Crippen molar-refractivity contribution in [3.05, 3.63) is 48.2 Å². The summed E-state index contributed by atoms with van der Waals surface area (Å²) in [5, 5.41) is 0. The van der Waals surface area contributed by atoms with E-state index >= 15 is 0 Å². The Morgan fingerprint density at radius 3 is 2.75 bits per heavy atom. The van der Waals surface area contributed by atoms with Crippen molar-refractivity contribution in [2.75, 3.05) is 11.9 Å². The van der Waals surface area contributed by atoms with Crippen LogP contribution in [-0.4, -0.2) is 7.05 Å². The standard InChI is InChI=1S/C14H15N2/c1-11-6-5-9-14-12-7-3-4-8-13(12)15(2)10-16(11)14/h3-9H,10H2,1-2H3/q+1. The van der Waals surface area contributed by atoms with Gasteiger partial charge in [0.05, 0.1) is 11.3 Å². The molecule has 0 bridgehead atoms. The van der Waals surface area contributed by atoms with Crippen LogP contribution in [0.25, 0.3) is 11.3 Å². The van der Waals surface area contributed by atoms with Crippen LogP contribution in [-0.2, 0) is 6.67 Å². The molecule has 1 aromatic heterocycles. The van der Waals surface area contributed by atoms with Crippen molar-refractivity contribution in [3.8, 4) is 11.3 Å². The molecule has 0 amide bonds. The Hall–Kier alpha value is -1.83. The van der Waals surface area contributed by atoms with Gasteiger partial charge in [-0.3, -0.25) is 0 Å². The Morgan fingerprint density at radius 2 is 1.88 bits per heavy atom. The molecule has 2 heterocycles. The third kappa shape index (κ3) is 1.23. The Balaban J connectivity index is 2.32. The second kappa shape index (κ2) is 3.34. The molecule has 0 N–H and O–H groups in total. The fraction of sp³-hybridized carbons (Fsp3) is 0.214. The minimum Gasteiger partial charge on any atom is -0.319 e. The average Bonchev–Trinajstić information content (AvgIpc) is 2.31. The normalized spacial score (nSPS) is 13.2. The zero-order valence-electron chi connectivity index (χ0n) is 9.64. The van der Waals surface area contributed by atoms with E-state index in [0.717, 1.165) is 6.67 Å². The van der Waals surface area contributed by atoms with E-state index in [0.29, 0.717) is 0 Å². The van der Waals surface area contributed by atoms with Crippen LogP contribution in [0.15, 0.2) is 42.5 Å². The maximum atomic E-state index is 2.35. The first-order chi connectivity index (χ1) is 7.77. The third-order valence-corrected chi connectivity index (χ3v) is 3.25. The summed E-state index contributed by atoms with van der Waals surface area (Å²) >= 11 is 0. The predicted octanol–water partition coefficient (Wildman–Crippen LogP) is 2.36. The number of aromatic nitrogens is 1. The SMILES string of the molecule is Cc1cccc2[n+]1CN(C)c1ccccc1-2. The van der Waals surface area contributed by atoms with Gasteiger partial charge in [0, 0.05) is 26.1 Å². The Labute approximate surface area is 95.8 Å². The summed E-state index contributed by atoms with van der Waals surface area (Å²) in [5.74, 6) is 0. The van der Waals surface area contributed by atoms with Crippen molar-refractivity contribution in [3.63, 3.8) is 0 Å². The lowest BCUT2D eigenvalue weighted by atomic mass is 10.1. The molecule has 0 unspecified atom stereocenters. The maximum absolute atomic E-state index is 2.35. The molecule has 1 aromatic carbocycles. The summed E-state index contributed by atoms with van der Waals surface area (Å²) in [7, 11) is 2.14. The number of anilines is 1. The molecule has 0 atom stereocenters. The molecule has 3 rings (SSSR count). The van der Waals surface area contributed by atoms with Crippen LogP contribution in [0, 0.1) is 6.92 Å². The second-order valence-electron chi connectivity index (χ2n) is 4.34. The molecule has 0 radical (unpaired) electrons. The van der Waals surface area contributed by atoms with Crippen molar-refractivity contribution in [1.29, 1.82) is 0 Å². The molecule has 0 fully saturated rings. The van der Waals surface area contributed by atoms with E-state index in [4.69, 9.17) is 0 Å². The monoisotopic (exact) mass is 211 g/mol. The number of hydrogen-bond acceptors (Lipinski definition) is 1. The van der Waals surface area contributed by atoms with E-state index < -0.39 is 0 Å². The van der Waals surface area contributed by atoms with Crippen LogP contribution in [0.3, 0.4) is 0 Å². The van der Waals surface area contributed by atoms with Crippen molar-refractivity contribution in [2.45, 2.75) is 13.6 Å². The first-order valence-corrected chi connectivity index (χ1v) is 5.57. The number of pyridine rings is 1. The molecule has 0 saturated carbocycles. The van der Waals surface area contributed by atoms with Gasteiger partial charge in [0.1, 0.15) is 0 Å². The maximum Gasteiger partial charge on any atom is 0.224 e. The lowest BCUT2D eigenvalue weighted by Crippen LogP contribution is -2.49. The summed E-state index contributed by atoms with van der Waals surface area (Å²) in [4.78, 5) is 2.29. The van der Waals surface area contributed by atoms with E-state index in [1.54, 1.807) is 0 Å². The molecule has 2 aromatic rings. The van der Waals surface area contributed by atoms with Gasteiger partial charge in [0.15, 0.2) is 5.69 Å². The molecule has 1 aliphatic heterocycles. The quantitative estimate of drug-likeness (QED) is 0.607. The highest BCUT2D eigenvalue weighted by Crippen LogP contribution is 2.31. The highest BCUT2D eigenvalue weighted by atomic mass is 15.3. The van der Waals surface area contributed by atoms with E-state index in [1.807, 2.05) is 0 Å². The van der Waals surface area contributed by atoms with Crippen LogP contribution in [0.5, 0.6) is 0 Å². The second-order valence-corrected chi connectivity index (χ2v) is 4.34. The molecular weight excluding hydrogens is 196 g/mol. The van der Waals surface area contributed by atoms with Gasteiger partial charge in [-0.05, 0) is 18.2 Å². The van der Waals surface area contributed by atoms with Crippen LogP contribution in [0.4, 0.5) is 5.69 Å². The first-order valence-electron chi connectivity index (χ1n) is 5.57. The van der Waals surface area contributed by atoms with Crippen LogP contribution in [0.1, 0.15) is 5.69 Å². The molecule has 0 saturated heterocycles. The lowest BCUT2D eigenvalue weighted by Gasteiger charge is -2.25. The van der Waals surface area contributed by atoms with Crippen LogP contribution < -0.4 is 9.47 Å². The van der Waals surface area contributed by atoms with Crippen LogP contribution in [0.2, 0.25) is 0 Å². The van der Waals surface area contributed by atoms with Gasteiger partial charge >= 0.3 is 0 Å². The van der Waals surface area contributed by atoms with Gasteiger partial charge in [0.25, 0.3) is 0 Å². The number of hydrogen-bond donors (Lipinski definition) is 0. The number of para-hydroxylation sites is 1. The minimum absolute atomic E-state index is 0.930. The fourth-order valence-corrected chi connectivity index (χ4v) is 2.38. The van der Waals surface area contributed by atoms with Gasteiger partial charge in [-0.15, -0.1) is 0 Å². The number of fused-ring (bicyclic) bond motifs is 3.